The van der Waals surface area contributed by atoms with E-state index in [1.807, 2.05) is 17.8 Å². The molecule has 3 aliphatic rings. The van der Waals surface area contributed by atoms with Gasteiger partial charge in [0.1, 0.15) is 5.78 Å². The van der Waals surface area contributed by atoms with Crippen LogP contribution in [0.3, 0.4) is 0 Å². The van der Waals surface area contributed by atoms with Crippen LogP contribution in [0.1, 0.15) is 46.0 Å². The van der Waals surface area contributed by atoms with Gasteiger partial charge in [0.2, 0.25) is 0 Å². The minimum atomic E-state index is -0.163. The van der Waals surface area contributed by atoms with E-state index in [4.69, 9.17) is 4.74 Å². The molecule has 1 heterocycles. The summed E-state index contributed by atoms with van der Waals surface area (Å²) in [6.45, 7) is 4.44. The highest BCUT2D eigenvalue weighted by molar-refractivity contribution is 7.99. The van der Waals surface area contributed by atoms with Gasteiger partial charge in [-0.15, -0.1) is 11.8 Å². The molecule has 3 fully saturated rings. The fraction of sp³-hybridized carbons (Fsp3) is 0.632. The van der Waals surface area contributed by atoms with E-state index in [1.165, 1.54) is 11.3 Å². The van der Waals surface area contributed by atoms with Crippen molar-refractivity contribution in [2.45, 2.75) is 62.0 Å². The first-order chi connectivity index (χ1) is 10.5. The molecule has 4 rings (SSSR count). The predicted molar refractivity (Wildman–Crippen MR) is 89.1 cm³/mol. The van der Waals surface area contributed by atoms with Crippen molar-refractivity contribution in [2.75, 3.05) is 5.75 Å². The van der Waals surface area contributed by atoms with Gasteiger partial charge < -0.3 is 4.74 Å². The molecule has 0 spiro atoms. The number of benzene rings is 1. The maximum atomic E-state index is 12.9. The van der Waals surface area contributed by atoms with Crippen molar-refractivity contribution in [3.8, 4) is 0 Å². The highest BCUT2D eigenvalue weighted by Gasteiger charge is 2.72. The lowest BCUT2D eigenvalue weighted by atomic mass is 9.55. The normalized spacial score (nSPS) is 43.4. The topological polar surface area (TPSA) is 29.6 Å². The van der Waals surface area contributed by atoms with E-state index in [1.54, 1.807) is 0 Å². The van der Waals surface area contributed by atoms with Crippen LogP contribution >= 0.6 is 11.8 Å². The summed E-state index contributed by atoms with van der Waals surface area (Å²) in [5.41, 5.74) is -0.215. The van der Waals surface area contributed by atoms with Gasteiger partial charge in [0.25, 0.3) is 0 Å². The third-order valence-electron chi connectivity index (χ3n) is 6.35. The van der Waals surface area contributed by atoms with E-state index in [-0.39, 0.29) is 16.6 Å². The molecular weight excluding hydrogens is 292 g/mol. The molecule has 3 heteroatoms. The van der Waals surface area contributed by atoms with Gasteiger partial charge in [0.05, 0.1) is 11.2 Å². The van der Waals surface area contributed by atoms with Crippen LogP contribution in [0.5, 0.6) is 0 Å². The molecule has 0 aromatic heterocycles. The Labute approximate surface area is 137 Å². The molecule has 1 aromatic rings. The number of Topliss-reactive ketones (excluding diaryl/α,β-unsaturated/α-hetero) is 1. The summed E-state index contributed by atoms with van der Waals surface area (Å²) in [5.74, 6) is 1.91. The molecule has 0 amide bonds. The number of ketones is 1. The Morgan fingerprint density at radius 1 is 1.23 bits per heavy atom. The Morgan fingerprint density at radius 2 is 2.00 bits per heavy atom. The van der Waals surface area contributed by atoms with Crippen LogP contribution < -0.4 is 0 Å². The SMILES string of the molecule is C[C@@]12C[C@H]3CCCC(=O)[C@]3(CSc3ccccc3)C[C@]1(C)O2. The first kappa shape index (κ1) is 14.8. The maximum absolute atomic E-state index is 12.9. The minimum absolute atomic E-state index is 0.0240. The Morgan fingerprint density at radius 3 is 2.77 bits per heavy atom. The lowest BCUT2D eigenvalue weighted by Crippen LogP contribution is -2.52. The van der Waals surface area contributed by atoms with Crippen molar-refractivity contribution >= 4 is 17.5 Å². The van der Waals surface area contributed by atoms with Crippen LogP contribution in [0.25, 0.3) is 0 Å². The highest BCUT2D eigenvalue weighted by atomic mass is 32.2. The van der Waals surface area contributed by atoms with Crippen LogP contribution in [0.2, 0.25) is 0 Å². The largest absolute Gasteiger partial charge is 0.363 e. The van der Waals surface area contributed by atoms with Gasteiger partial charge in [-0.2, -0.15) is 0 Å². The molecule has 4 atom stereocenters. The number of carbonyl (C=O) groups is 1. The number of thioether (sulfide) groups is 1. The monoisotopic (exact) mass is 316 g/mol. The quantitative estimate of drug-likeness (QED) is 0.608. The number of epoxide rings is 1. The molecule has 0 unspecified atom stereocenters. The third kappa shape index (κ3) is 2.09. The van der Waals surface area contributed by atoms with Crippen LogP contribution in [-0.2, 0) is 9.53 Å². The zero-order valence-corrected chi connectivity index (χ0v) is 14.2. The van der Waals surface area contributed by atoms with Gasteiger partial charge in [0, 0.05) is 22.5 Å². The average Bonchev–Trinajstić information content (AvgIpc) is 3.05. The fourth-order valence-corrected chi connectivity index (χ4v) is 6.08. The zero-order valence-electron chi connectivity index (χ0n) is 13.4. The maximum Gasteiger partial charge on any atom is 0.140 e. The molecule has 2 nitrogen and oxygen atoms in total. The Hall–Kier alpha value is -0.800. The fourth-order valence-electron chi connectivity index (χ4n) is 4.80. The molecule has 0 radical (unpaired) electrons. The average molecular weight is 316 g/mol. The number of hydrogen-bond donors (Lipinski definition) is 0. The van der Waals surface area contributed by atoms with Gasteiger partial charge in [0.15, 0.2) is 0 Å². The van der Waals surface area contributed by atoms with E-state index >= 15 is 0 Å². The number of hydrogen-bond acceptors (Lipinski definition) is 3. The molecule has 118 valence electrons. The molecular formula is C19H24O2S. The summed E-state index contributed by atoms with van der Waals surface area (Å²) in [6.07, 6.45) is 4.99. The first-order valence-electron chi connectivity index (χ1n) is 8.39. The smallest absolute Gasteiger partial charge is 0.140 e. The summed E-state index contributed by atoms with van der Waals surface area (Å²) in [5, 5.41) is 0. The summed E-state index contributed by atoms with van der Waals surface area (Å²) in [4.78, 5) is 14.2. The second-order valence-corrected chi connectivity index (χ2v) is 8.76. The molecule has 1 aromatic carbocycles. The lowest BCUT2D eigenvalue weighted by Gasteiger charge is -2.47. The lowest BCUT2D eigenvalue weighted by molar-refractivity contribution is -0.136. The van der Waals surface area contributed by atoms with Gasteiger partial charge in [-0.25, -0.2) is 0 Å². The second kappa shape index (κ2) is 4.85. The predicted octanol–water partition coefficient (Wildman–Crippen LogP) is 4.48. The standard InChI is InChI=1S/C19H24O2S/c1-17-11-14-7-6-10-16(20)19(14,12-18(17,2)21-17)13-22-15-8-4-3-5-9-15/h3-5,8-9,14H,6-7,10-13H2,1-2H3/t14-,17-,18+,19+/m1/s1. The molecule has 2 saturated carbocycles. The highest BCUT2D eigenvalue weighted by Crippen LogP contribution is 2.66. The number of ether oxygens (including phenoxy) is 1. The zero-order chi connectivity index (χ0) is 15.4. The minimum Gasteiger partial charge on any atom is -0.363 e. The van der Waals surface area contributed by atoms with Crippen molar-refractivity contribution < 1.29 is 9.53 Å². The van der Waals surface area contributed by atoms with E-state index < -0.39 is 0 Å². The summed E-state index contributed by atoms with van der Waals surface area (Å²) < 4.78 is 6.11. The van der Waals surface area contributed by atoms with E-state index in [2.05, 4.69) is 38.1 Å². The van der Waals surface area contributed by atoms with Crippen molar-refractivity contribution in [3.05, 3.63) is 30.3 Å². The first-order valence-corrected chi connectivity index (χ1v) is 9.37. The van der Waals surface area contributed by atoms with Gasteiger partial charge in [-0.05, 0) is 57.6 Å². The Kier molecular flexibility index (Phi) is 3.25. The van der Waals surface area contributed by atoms with Crippen LogP contribution in [0, 0.1) is 11.3 Å². The van der Waals surface area contributed by atoms with Gasteiger partial charge in [-0.1, -0.05) is 18.2 Å². The van der Waals surface area contributed by atoms with Gasteiger partial charge in [-0.3, -0.25) is 4.79 Å². The number of carbonyl (C=O) groups excluding carboxylic acids is 1. The van der Waals surface area contributed by atoms with Crippen molar-refractivity contribution in [2.24, 2.45) is 11.3 Å². The molecule has 0 bridgehead atoms. The van der Waals surface area contributed by atoms with Gasteiger partial charge >= 0.3 is 0 Å². The molecule has 22 heavy (non-hydrogen) atoms. The summed E-state index contributed by atoms with van der Waals surface area (Å²) >= 11 is 1.85. The summed E-state index contributed by atoms with van der Waals surface area (Å²) in [6, 6.07) is 10.5. The van der Waals surface area contributed by atoms with Crippen LogP contribution in [0.4, 0.5) is 0 Å². The second-order valence-electron chi connectivity index (χ2n) is 7.71. The van der Waals surface area contributed by atoms with Crippen molar-refractivity contribution in [3.63, 3.8) is 0 Å². The number of rotatable bonds is 3. The Bertz CT molecular complexity index is 601. The molecule has 1 saturated heterocycles. The van der Waals surface area contributed by atoms with E-state index in [0.29, 0.717) is 11.7 Å². The van der Waals surface area contributed by atoms with Crippen molar-refractivity contribution in [1.82, 2.24) is 0 Å². The summed E-state index contributed by atoms with van der Waals surface area (Å²) in [7, 11) is 0. The van der Waals surface area contributed by atoms with Crippen molar-refractivity contribution in [1.29, 1.82) is 0 Å². The third-order valence-corrected chi connectivity index (χ3v) is 7.61. The van der Waals surface area contributed by atoms with Crippen LogP contribution in [-0.4, -0.2) is 22.7 Å². The number of fused-ring (bicyclic) bond motifs is 2. The van der Waals surface area contributed by atoms with Crippen LogP contribution in [0.15, 0.2) is 35.2 Å². The van der Waals surface area contributed by atoms with E-state index in [0.717, 1.165) is 31.4 Å². The molecule has 1 aliphatic heterocycles. The van der Waals surface area contributed by atoms with E-state index in [9.17, 15) is 4.79 Å². The molecule has 2 aliphatic carbocycles. The Balaban J connectivity index is 1.61. The molecule has 0 N–H and O–H groups in total.